The first-order chi connectivity index (χ1) is 11.8. The maximum atomic E-state index is 12.2. The Balaban J connectivity index is 2.09. The summed E-state index contributed by atoms with van der Waals surface area (Å²) in [5, 5.41) is 2.69. The van der Waals surface area contributed by atoms with Crippen LogP contribution in [0, 0.1) is 0 Å². The number of rotatable bonds is 7. The Hall–Kier alpha value is -2.41. The van der Waals surface area contributed by atoms with Gasteiger partial charge in [-0.2, -0.15) is 0 Å². The third-order valence-electron chi connectivity index (χ3n) is 3.73. The van der Waals surface area contributed by atoms with E-state index >= 15 is 0 Å². The molecule has 6 nitrogen and oxygen atoms in total. The van der Waals surface area contributed by atoms with Crippen molar-refractivity contribution < 1.29 is 13.2 Å². The molecule has 0 spiro atoms. The highest BCUT2D eigenvalue weighted by Gasteiger charge is 2.20. The Labute approximate surface area is 148 Å². The van der Waals surface area contributed by atoms with E-state index in [9.17, 15) is 13.2 Å². The number of aromatic nitrogens is 1. The number of pyridine rings is 1. The average molecular weight is 361 g/mol. The Morgan fingerprint density at radius 1 is 1.16 bits per heavy atom. The van der Waals surface area contributed by atoms with Crippen molar-refractivity contribution in [2.45, 2.75) is 26.3 Å². The molecule has 2 rings (SSSR count). The Kier molecular flexibility index (Phi) is 6.14. The minimum Gasteiger partial charge on any atom is -0.349 e. The van der Waals surface area contributed by atoms with Gasteiger partial charge in [0.1, 0.15) is 6.54 Å². The first-order valence-electron chi connectivity index (χ1n) is 8.01. The fourth-order valence-electron chi connectivity index (χ4n) is 2.30. The Bertz CT molecular complexity index is 803. The van der Waals surface area contributed by atoms with Crippen LogP contribution in [0.5, 0.6) is 0 Å². The number of hydrogen-bond donors (Lipinski definition) is 1. The zero-order valence-electron chi connectivity index (χ0n) is 14.6. The smallest absolute Gasteiger partial charge is 0.241 e. The molecule has 0 saturated carbocycles. The highest BCUT2D eigenvalue weighted by Crippen LogP contribution is 2.21. The number of hydrogen-bond acceptors (Lipinski definition) is 4. The summed E-state index contributed by atoms with van der Waals surface area (Å²) in [5.74, 6) is -0.0357. The zero-order valence-corrected chi connectivity index (χ0v) is 15.5. The van der Waals surface area contributed by atoms with E-state index < -0.39 is 10.0 Å². The molecule has 1 amide bonds. The maximum absolute atomic E-state index is 12.2. The second-order valence-corrected chi connectivity index (χ2v) is 8.02. The lowest BCUT2D eigenvalue weighted by Crippen LogP contribution is -2.40. The first kappa shape index (κ1) is 18.9. The van der Waals surface area contributed by atoms with Gasteiger partial charge in [0.15, 0.2) is 0 Å². The summed E-state index contributed by atoms with van der Waals surface area (Å²) in [7, 11) is -3.57. The molecule has 1 aromatic carbocycles. The van der Waals surface area contributed by atoms with E-state index in [0.29, 0.717) is 17.3 Å². The third-order valence-corrected chi connectivity index (χ3v) is 4.87. The number of nitrogens with zero attached hydrogens (tertiary/aromatic N) is 2. The van der Waals surface area contributed by atoms with Gasteiger partial charge in [-0.25, -0.2) is 8.42 Å². The van der Waals surface area contributed by atoms with Crippen molar-refractivity contribution >= 4 is 21.6 Å². The van der Waals surface area contributed by atoms with Gasteiger partial charge in [0.2, 0.25) is 15.9 Å². The number of carbonyl (C=O) groups is 1. The van der Waals surface area contributed by atoms with Crippen molar-refractivity contribution in [3.63, 3.8) is 0 Å². The second kappa shape index (κ2) is 8.11. The van der Waals surface area contributed by atoms with E-state index in [0.717, 1.165) is 16.1 Å². The lowest BCUT2D eigenvalue weighted by Gasteiger charge is -2.22. The first-order valence-corrected chi connectivity index (χ1v) is 9.86. The molecule has 0 radical (unpaired) electrons. The molecule has 0 aliphatic heterocycles. The van der Waals surface area contributed by atoms with Gasteiger partial charge in [0.05, 0.1) is 24.2 Å². The molecule has 1 aromatic heterocycles. The molecule has 7 heteroatoms. The third kappa shape index (κ3) is 5.56. The monoisotopic (exact) mass is 361 g/mol. The summed E-state index contributed by atoms with van der Waals surface area (Å²) in [6, 6.07) is 12.6. The molecule has 0 bridgehead atoms. The van der Waals surface area contributed by atoms with Crippen LogP contribution < -0.4 is 9.62 Å². The zero-order chi connectivity index (χ0) is 18.4. The molecule has 0 aliphatic carbocycles. The number of carbonyl (C=O) groups excluding carboxylic acids is 1. The van der Waals surface area contributed by atoms with E-state index in [1.54, 1.807) is 30.5 Å². The van der Waals surface area contributed by atoms with Crippen molar-refractivity contribution in [3.05, 3.63) is 59.9 Å². The van der Waals surface area contributed by atoms with Gasteiger partial charge in [0, 0.05) is 6.20 Å². The topological polar surface area (TPSA) is 79.4 Å². The Morgan fingerprint density at radius 2 is 1.84 bits per heavy atom. The predicted molar refractivity (Wildman–Crippen MR) is 98.8 cm³/mol. The highest BCUT2D eigenvalue weighted by molar-refractivity contribution is 7.92. The van der Waals surface area contributed by atoms with Crippen molar-refractivity contribution in [1.82, 2.24) is 10.3 Å². The van der Waals surface area contributed by atoms with Crippen LogP contribution in [0.4, 0.5) is 5.69 Å². The summed E-state index contributed by atoms with van der Waals surface area (Å²) in [5.41, 5.74) is 2.29. The van der Waals surface area contributed by atoms with Crippen LogP contribution in [-0.4, -0.2) is 32.1 Å². The number of amides is 1. The largest absolute Gasteiger partial charge is 0.349 e. The van der Waals surface area contributed by atoms with Crippen molar-refractivity contribution in [3.8, 4) is 0 Å². The highest BCUT2D eigenvalue weighted by atomic mass is 32.2. The molecule has 0 atom stereocenters. The van der Waals surface area contributed by atoms with Crippen LogP contribution in [0.3, 0.4) is 0 Å². The summed E-state index contributed by atoms with van der Waals surface area (Å²) < 4.78 is 25.3. The summed E-state index contributed by atoms with van der Waals surface area (Å²) in [4.78, 5) is 16.3. The maximum Gasteiger partial charge on any atom is 0.241 e. The summed E-state index contributed by atoms with van der Waals surface area (Å²) in [6.07, 6.45) is 2.73. The number of sulfonamides is 1. The van der Waals surface area contributed by atoms with Gasteiger partial charge in [-0.15, -0.1) is 0 Å². The van der Waals surface area contributed by atoms with Crippen molar-refractivity contribution in [2.24, 2.45) is 0 Å². The molecule has 0 fully saturated rings. The molecular weight excluding hydrogens is 338 g/mol. The summed E-state index contributed by atoms with van der Waals surface area (Å²) >= 11 is 0. The van der Waals surface area contributed by atoms with E-state index in [1.807, 2.05) is 18.2 Å². The molecule has 25 heavy (non-hydrogen) atoms. The molecule has 0 aliphatic rings. The van der Waals surface area contributed by atoms with Gasteiger partial charge in [0.25, 0.3) is 0 Å². The molecule has 2 aromatic rings. The minimum absolute atomic E-state index is 0.254. The van der Waals surface area contributed by atoms with Crippen LogP contribution in [0.25, 0.3) is 0 Å². The van der Waals surface area contributed by atoms with Gasteiger partial charge < -0.3 is 5.32 Å². The SMILES string of the molecule is CC(C)c1ccc(N(CC(=O)NCc2ccccn2)S(C)(=O)=O)cc1. The van der Waals surface area contributed by atoms with Crippen LogP contribution in [0.2, 0.25) is 0 Å². The average Bonchev–Trinajstić information content (AvgIpc) is 2.58. The lowest BCUT2D eigenvalue weighted by molar-refractivity contribution is -0.119. The molecule has 1 N–H and O–H groups in total. The van der Waals surface area contributed by atoms with Crippen LogP contribution >= 0.6 is 0 Å². The fraction of sp³-hybridized carbons (Fsp3) is 0.333. The fourth-order valence-corrected chi connectivity index (χ4v) is 3.16. The van der Waals surface area contributed by atoms with Crippen LogP contribution in [0.1, 0.15) is 31.0 Å². The van der Waals surface area contributed by atoms with Gasteiger partial charge in [-0.1, -0.05) is 32.0 Å². The molecule has 0 saturated heterocycles. The number of benzene rings is 1. The minimum atomic E-state index is -3.57. The quantitative estimate of drug-likeness (QED) is 0.821. The molecule has 134 valence electrons. The molecule has 1 heterocycles. The summed E-state index contributed by atoms with van der Waals surface area (Å²) in [6.45, 7) is 4.11. The van der Waals surface area contributed by atoms with E-state index in [4.69, 9.17) is 0 Å². The van der Waals surface area contributed by atoms with Crippen LogP contribution in [-0.2, 0) is 21.4 Å². The lowest BCUT2D eigenvalue weighted by atomic mass is 10.0. The van der Waals surface area contributed by atoms with Crippen molar-refractivity contribution in [2.75, 3.05) is 17.1 Å². The normalized spacial score (nSPS) is 11.4. The van der Waals surface area contributed by atoms with Gasteiger partial charge in [-0.3, -0.25) is 14.1 Å². The molecular formula is C18H23N3O3S. The predicted octanol–water partition coefficient (Wildman–Crippen LogP) is 2.29. The Morgan fingerprint density at radius 3 is 2.36 bits per heavy atom. The van der Waals surface area contributed by atoms with Crippen molar-refractivity contribution in [1.29, 1.82) is 0 Å². The number of nitrogens with one attached hydrogen (secondary N) is 1. The number of anilines is 1. The standard InChI is InChI=1S/C18H23N3O3S/c1-14(2)15-7-9-17(10-8-15)21(25(3,23)24)13-18(22)20-12-16-6-4-5-11-19-16/h4-11,14H,12-13H2,1-3H3,(H,20,22). The van der Waals surface area contributed by atoms with E-state index in [-0.39, 0.29) is 19.0 Å². The van der Waals surface area contributed by atoms with Gasteiger partial charge in [-0.05, 0) is 35.7 Å². The van der Waals surface area contributed by atoms with Gasteiger partial charge >= 0.3 is 0 Å². The van der Waals surface area contributed by atoms with Crippen LogP contribution in [0.15, 0.2) is 48.7 Å². The van der Waals surface area contributed by atoms with E-state index in [2.05, 4.69) is 24.1 Å². The molecule has 0 unspecified atom stereocenters. The second-order valence-electron chi connectivity index (χ2n) is 6.11. The van der Waals surface area contributed by atoms with E-state index in [1.165, 1.54) is 0 Å².